The van der Waals surface area contributed by atoms with Crippen molar-refractivity contribution in [3.63, 3.8) is 0 Å². The molecule has 0 radical (unpaired) electrons. The SMILES string of the molecule is c1ccc(-n2c3ccccc3c3cc(Nc4cccc(-c5ccc6ccccc6c5)c4)ccc32)cc1. The van der Waals surface area contributed by atoms with E-state index in [9.17, 15) is 0 Å². The van der Waals surface area contributed by atoms with E-state index in [4.69, 9.17) is 0 Å². The summed E-state index contributed by atoms with van der Waals surface area (Å²) < 4.78 is 2.34. The Hall–Kier alpha value is -4.82. The van der Waals surface area contributed by atoms with Crippen LogP contribution in [0, 0.1) is 0 Å². The summed E-state index contributed by atoms with van der Waals surface area (Å²) >= 11 is 0. The van der Waals surface area contributed by atoms with E-state index in [0.717, 1.165) is 11.4 Å². The van der Waals surface area contributed by atoms with Gasteiger partial charge in [0.25, 0.3) is 0 Å². The number of anilines is 2. The highest BCUT2D eigenvalue weighted by Crippen LogP contribution is 2.35. The fraction of sp³-hybridized carbons (Fsp3) is 0. The first-order valence-electron chi connectivity index (χ1n) is 12.3. The Morgan fingerprint density at radius 3 is 2.06 bits per heavy atom. The van der Waals surface area contributed by atoms with Gasteiger partial charge in [-0.1, -0.05) is 84.9 Å². The summed E-state index contributed by atoms with van der Waals surface area (Å²) in [6.45, 7) is 0. The van der Waals surface area contributed by atoms with Crippen LogP contribution in [0.4, 0.5) is 11.4 Å². The molecule has 0 saturated carbocycles. The molecule has 1 heterocycles. The third-order valence-electron chi connectivity index (χ3n) is 6.92. The van der Waals surface area contributed by atoms with Crippen molar-refractivity contribution in [2.24, 2.45) is 0 Å². The highest BCUT2D eigenvalue weighted by atomic mass is 15.0. The monoisotopic (exact) mass is 460 g/mol. The van der Waals surface area contributed by atoms with E-state index in [1.165, 1.54) is 49.4 Å². The van der Waals surface area contributed by atoms with Crippen molar-refractivity contribution >= 4 is 44.0 Å². The van der Waals surface area contributed by atoms with Crippen molar-refractivity contribution in [3.8, 4) is 16.8 Å². The molecule has 0 spiro atoms. The number of para-hydroxylation sites is 2. The van der Waals surface area contributed by atoms with Crippen LogP contribution in [0.25, 0.3) is 49.4 Å². The summed E-state index contributed by atoms with van der Waals surface area (Å²) in [5.41, 5.74) is 8.17. The Balaban J connectivity index is 1.28. The van der Waals surface area contributed by atoms with Gasteiger partial charge in [-0.05, 0) is 76.5 Å². The quantitative estimate of drug-likeness (QED) is 0.277. The van der Waals surface area contributed by atoms with Crippen LogP contribution in [-0.2, 0) is 0 Å². The normalized spacial score (nSPS) is 11.3. The Labute approximate surface area is 210 Å². The maximum Gasteiger partial charge on any atom is 0.0542 e. The van der Waals surface area contributed by atoms with Crippen molar-refractivity contribution < 1.29 is 0 Å². The smallest absolute Gasteiger partial charge is 0.0542 e. The zero-order valence-corrected chi connectivity index (χ0v) is 19.7. The molecule has 1 N–H and O–H groups in total. The first kappa shape index (κ1) is 20.5. The van der Waals surface area contributed by atoms with E-state index in [2.05, 4.69) is 149 Å². The van der Waals surface area contributed by atoms with Gasteiger partial charge in [-0.15, -0.1) is 0 Å². The van der Waals surface area contributed by atoms with Crippen LogP contribution in [0.15, 0.2) is 140 Å². The predicted octanol–water partition coefficient (Wildman–Crippen LogP) is 9.35. The first-order chi connectivity index (χ1) is 17.8. The van der Waals surface area contributed by atoms with E-state index in [1.54, 1.807) is 0 Å². The maximum atomic E-state index is 3.65. The van der Waals surface area contributed by atoms with E-state index in [1.807, 2.05) is 0 Å². The van der Waals surface area contributed by atoms with Crippen LogP contribution in [0.1, 0.15) is 0 Å². The Morgan fingerprint density at radius 2 is 1.14 bits per heavy atom. The van der Waals surface area contributed by atoms with Crippen LogP contribution in [0.3, 0.4) is 0 Å². The van der Waals surface area contributed by atoms with Crippen LogP contribution in [0.2, 0.25) is 0 Å². The third-order valence-corrected chi connectivity index (χ3v) is 6.92. The molecule has 0 bridgehead atoms. The number of hydrogen-bond donors (Lipinski definition) is 1. The number of nitrogens with one attached hydrogen (secondary N) is 1. The second-order valence-corrected chi connectivity index (χ2v) is 9.19. The first-order valence-corrected chi connectivity index (χ1v) is 12.3. The van der Waals surface area contributed by atoms with E-state index < -0.39 is 0 Å². The summed E-state index contributed by atoms with van der Waals surface area (Å²) in [7, 11) is 0. The zero-order chi connectivity index (χ0) is 23.9. The van der Waals surface area contributed by atoms with Crippen molar-refractivity contribution in [2.75, 3.05) is 5.32 Å². The largest absolute Gasteiger partial charge is 0.355 e. The summed E-state index contributed by atoms with van der Waals surface area (Å²) in [5.74, 6) is 0. The molecular formula is C34H24N2. The molecule has 7 rings (SSSR count). The average Bonchev–Trinajstić information content (AvgIpc) is 3.27. The second-order valence-electron chi connectivity index (χ2n) is 9.19. The number of aromatic nitrogens is 1. The van der Waals surface area contributed by atoms with Crippen LogP contribution in [-0.4, -0.2) is 4.57 Å². The minimum atomic E-state index is 1.08. The Kier molecular flexibility index (Phi) is 4.82. The summed E-state index contributed by atoms with van der Waals surface area (Å²) in [5, 5.41) is 8.66. The summed E-state index contributed by atoms with van der Waals surface area (Å²) in [6, 6.07) is 49.7. The van der Waals surface area contributed by atoms with Gasteiger partial charge in [0.1, 0.15) is 0 Å². The van der Waals surface area contributed by atoms with Gasteiger partial charge in [-0.25, -0.2) is 0 Å². The molecule has 0 unspecified atom stereocenters. The molecule has 0 aliphatic carbocycles. The third kappa shape index (κ3) is 3.52. The zero-order valence-electron chi connectivity index (χ0n) is 19.7. The van der Waals surface area contributed by atoms with Crippen LogP contribution >= 0.6 is 0 Å². The molecule has 0 aliphatic rings. The fourth-order valence-corrected chi connectivity index (χ4v) is 5.22. The summed E-state index contributed by atoms with van der Waals surface area (Å²) in [6.07, 6.45) is 0. The van der Waals surface area contributed by atoms with E-state index in [-0.39, 0.29) is 0 Å². The molecule has 36 heavy (non-hydrogen) atoms. The second kappa shape index (κ2) is 8.44. The van der Waals surface area contributed by atoms with Crippen molar-refractivity contribution in [2.45, 2.75) is 0 Å². The summed E-state index contributed by atoms with van der Waals surface area (Å²) in [4.78, 5) is 0. The maximum absolute atomic E-state index is 3.65. The van der Waals surface area contributed by atoms with Crippen molar-refractivity contribution in [3.05, 3.63) is 140 Å². The van der Waals surface area contributed by atoms with Gasteiger partial charge >= 0.3 is 0 Å². The Bertz CT molecular complexity index is 1860. The fourth-order valence-electron chi connectivity index (χ4n) is 5.22. The molecule has 2 heteroatoms. The number of fused-ring (bicyclic) bond motifs is 4. The molecule has 170 valence electrons. The highest BCUT2D eigenvalue weighted by Gasteiger charge is 2.12. The lowest BCUT2D eigenvalue weighted by atomic mass is 10.0. The molecule has 7 aromatic rings. The van der Waals surface area contributed by atoms with E-state index >= 15 is 0 Å². The van der Waals surface area contributed by atoms with Gasteiger partial charge in [0, 0.05) is 27.8 Å². The Morgan fingerprint density at radius 1 is 0.417 bits per heavy atom. The van der Waals surface area contributed by atoms with Crippen LogP contribution in [0.5, 0.6) is 0 Å². The number of nitrogens with zero attached hydrogens (tertiary/aromatic N) is 1. The van der Waals surface area contributed by atoms with Gasteiger partial charge < -0.3 is 9.88 Å². The number of benzene rings is 6. The lowest BCUT2D eigenvalue weighted by Gasteiger charge is -2.11. The minimum Gasteiger partial charge on any atom is -0.355 e. The predicted molar refractivity (Wildman–Crippen MR) is 153 cm³/mol. The number of hydrogen-bond acceptors (Lipinski definition) is 1. The average molecular weight is 461 g/mol. The molecule has 6 aromatic carbocycles. The molecular weight excluding hydrogens is 436 g/mol. The van der Waals surface area contributed by atoms with Crippen LogP contribution < -0.4 is 5.32 Å². The van der Waals surface area contributed by atoms with Crippen molar-refractivity contribution in [1.82, 2.24) is 4.57 Å². The molecule has 0 amide bonds. The standard InChI is InChI=1S/C34H24N2/c1-2-13-30(14-3-1)36-33-16-7-6-15-31(33)32-23-29(19-20-34(32)36)35-28-12-8-11-26(22-28)27-18-17-24-9-4-5-10-25(24)21-27/h1-23,35H. The number of rotatable bonds is 4. The molecule has 0 atom stereocenters. The van der Waals surface area contributed by atoms with E-state index in [0.29, 0.717) is 0 Å². The molecule has 1 aromatic heterocycles. The lowest BCUT2D eigenvalue weighted by Crippen LogP contribution is -1.94. The molecule has 0 aliphatic heterocycles. The molecule has 0 saturated heterocycles. The van der Waals surface area contributed by atoms with Gasteiger partial charge in [-0.2, -0.15) is 0 Å². The van der Waals surface area contributed by atoms with Gasteiger partial charge in [0.15, 0.2) is 0 Å². The highest BCUT2D eigenvalue weighted by molar-refractivity contribution is 6.10. The van der Waals surface area contributed by atoms with Crippen molar-refractivity contribution in [1.29, 1.82) is 0 Å². The molecule has 0 fully saturated rings. The lowest BCUT2D eigenvalue weighted by molar-refractivity contribution is 1.18. The minimum absolute atomic E-state index is 1.08. The molecule has 2 nitrogen and oxygen atoms in total. The van der Waals surface area contributed by atoms with Gasteiger partial charge in [0.05, 0.1) is 11.0 Å². The van der Waals surface area contributed by atoms with Gasteiger partial charge in [0.2, 0.25) is 0 Å². The van der Waals surface area contributed by atoms with Gasteiger partial charge in [-0.3, -0.25) is 0 Å². The topological polar surface area (TPSA) is 17.0 Å².